The molecule has 0 saturated heterocycles. The van der Waals surface area contributed by atoms with Gasteiger partial charge in [0.05, 0.1) is 21.6 Å². The Balaban J connectivity index is 1.77. The van der Waals surface area contributed by atoms with E-state index >= 15 is 0 Å². The van der Waals surface area contributed by atoms with E-state index in [-0.39, 0.29) is 0 Å². The van der Waals surface area contributed by atoms with Gasteiger partial charge in [0.1, 0.15) is 0 Å². The Morgan fingerprint density at radius 3 is 2.17 bits per heavy atom. The summed E-state index contributed by atoms with van der Waals surface area (Å²) in [5.74, 6) is 0. The van der Waals surface area contributed by atoms with Crippen molar-refractivity contribution < 1.29 is 0 Å². The van der Waals surface area contributed by atoms with Gasteiger partial charge in [-0.1, -0.05) is 40.9 Å². The first-order chi connectivity index (χ1) is 11.6. The standard InChI is InChI=1S/C18H12Cl3N3/c19-14-2-4-16(5-3-14)24-9-7-15(8-10-24)23-22-12-13-1-6-17(20)18(21)11-13/h1-12H/b22-12+. The Morgan fingerprint density at radius 1 is 0.792 bits per heavy atom. The first-order valence-electron chi connectivity index (χ1n) is 7.08. The van der Waals surface area contributed by atoms with Gasteiger partial charge >= 0.3 is 0 Å². The normalized spacial score (nSPS) is 11.0. The summed E-state index contributed by atoms with van der Waals surface area (Å²) in [5, 5.41) is 10.7. The van der Waals surface area contributed by atoms with E-state index in [1.165, 1.54) is 0 Å². The molecule has 2 aromatic carbocycles. The molecule has 0 unspecified atom stereocenters. The Kier molecular flexibility index (Phi) is 5.36. The number of hydrogen-bond donors (Lipinski definition) is 0. The first-order valence-corrected chi connectivity index (χ1v) is 8.21. The number of aromatic nitrogens is 1. The second-order valence-electron chi connectivity index (χ2n) is 4.96. The highest BCUT2D eigenvalue weighted by Gasteiger charge is 1.97. The fourth-order valence-electron chi connectivity index (χ4n) is 2.03. The maximum atomic E-state index is 5.96. The van der Waals surface area contributed by atoms with Crippen LogP contribution >= 0.6 is 34.8 Å². The number of nitrogens with zero attached hydrogens (tertiary/aromatic N) is 3. The molecule has 0 radical (unpaired) electrons. The van der Waals surface area contributed by atoms with Crippen LogP contribution in [0.5, 0.6) is 0 Å². The van der Waals surface area contributed by atoms with Crippen molar-refractivity contribution in [1.29, 1.82) is 0 Å². The molecule has 0 aliphatic rings. The van der Waals surface area contributed by atoms with Crippen LogP contribution in [0.4, 0.5) is 0 Å². The molecule has 0 bridgehead atoms. The van der Waals surface area contributed by atoms with Crippen molar-refractivity contribution >= 4 is 41.0 Å². The quantitative estimate of drug-likeness (QED) is 0.434. The van der Waals surface area contributed by atoms with Crippen LogP contribution in [0.2, 0.25) is 15.1 Å². The Labute approximate surface area is 154 Å². The highest BCUT2D eigenvalue weighted by atomic mass is 35.5. The van der Waals surface area contributed by atoms with E-state index < -0.39 is 0 Å². The lowest BCUT2D eigenvalue weighted by atomic mass is 10.2. The molecule has 1 heterocycles. The highest BCUT2D eigenvalue weighted by molar-refractivity contribution is 6.42. The van der Waals surface area contributed by atoms with Crippen molar-refractivity contribution in [3.05, 3.63) is 93.0 Å². The van der Waals surface area contributed by atoms with Crippen molar-refractivity contribution in [1.82, 2.24) is 4.57 Å². The zero-order chi connectivity index (χ0) is 16.9. The summed E-state index contributed by atoms with van der Waals surface area (Å²) in [5.41, 5.74) is 1.85. The topological polar surface area (TPSA) is 29.6 Å². The van der Waals surface area contributed by atoms with Gasteiger partial charge < -0.3 is 4.57 Å². The van der Waals surface area contributed by atoms with Crippen LogP contribution < -0.4 is 5.36 Å². The number of rotatable bonds is 3. The number of hydrogen-bond acceptors (Lipinski definition) is 2. The Hall–Kier alpha value is -2.07. The molecular formula is C18H12Cl3N3. The molecule has 0 aliphatic heterocycles. The van der Waals surface area contributed by atoms with Crippen LogP contribution in [0.3, 0.4) is 0 Å². The van der Waals surface area contributed by atoms with E-state index in [0.717, 1.165) is 16.6 Å². The van der Waals surface area contributed by atoms with Crippen LogP contribution in [0, 0.1) is 0 Å². The molecule has 0 saturated carbocycles. The monoisotopic (exact) mass is 375 g/mol. The third-order valence-electron chi connectivity index (χ3n) is 3.26. The van der Waals surface area contributed by atoms with E-state index in [0.29, 0.717) is 15.1 Å². The third-order valence-corrected chi connectivity index (χ3v) is 4.25. The van der Waals surface area contributed by atoms with Gasteiger partial charge in [0, 0.05) is 23.1 Å². The van der Waals surface area contributed by atoms with Gasteiger partial charge in [-0.3, -0.25) is 0 Å². The summed E-state index contributed by atoms with van der Waals surface area (Å²) >= 11 is 17.7. The lowest BCUT2D eigenvalue weighted by molar-refractivity contribution is 1.02. The minimum absolute atomic E-state index is 0.490. The number of halogens is 3. The van der Waals surface area contributed by atoms with Crippen LogP contribution in [0.1, 0.15) is 5.56 Å². The van der Waals surface area contributed by atoms with Crippen LogP contribution in [0.25, 0.3) is 5.69 Å². The zero-order valence-electron chi connectivity index (χ0n) is 12.4. The minimum atomic E-state index is 0.490. The summed E-state index contributed by atoms with van der Waals surface area (Å²) in [6, 6.07) is 16.6. The summed E-state index contributed by atoms with van der Waals surface area (Å²) < 4.78 is 1.97. The van der Waals surface area contributed by atoms with Gasteiger partial charge in [0.15, 0.2) is 0 Å². The molecule has 0 N–H and O–H groups in total. The Morgan fingerprint density at radius 2 is 1.50 bits per heavy atom. The van der Waals surface area contributed by atoms with Gasteiger partial charge in [-0.2, -0.15) is 10.2 Å². The van der Waals surface area contributed by atoms with Crippen molar-refractivity contribution in [2.24, 2.45) is 10.2 Å². The average molecular weight is 377 g/mol. The molecule has 3 nitrogen and oxygen atoms in total. The molecule has 0 aliphatic carbocycles. The van der Waals surface area contributed by atoms with Gasteiger partial charge in [0.2, 0.25) is 0 Å². The number of pyridine rings is 1. The molecule has 1 aromatic heterocycles. The lowest BCUT2D eigenvalue weighted by Gasteiger charge is -2.05. The van der Waals surface area contributed by atoms with Gasteiger partial charge in [-0.05, 0) is 54.1 Å². The van der Waals surface area contributed by atoms with Crippen LogP contribution in [-0.4, -0.2) is 10.8 Å². The van der Waals surface area contributed by atoms with Gasteiger partial charge in [0.25, 0.3) is 0 Å². The zero-order valence-corrected chi connectivity index (χ0v) is 14.7. The smallest absolute Gasteiger partial charge is 0.0886 e. The average Bonchev–Trinajstić information content (AvgIpc) is 2.59. The van der Waals surface area contributed by atoms with Crippen molar-refractivity contribution in [3.8, 4) is 5.69 Å². The lowest BCUT2D eigenvalue weighted by Crippen LogP contribution is -2.03. The molecule has 24 heavy (non-hydrogen) atoms. The summed E-state index contributed by atoms with van der Waals surface area (Å²) in [7, 11) is 0. The molecule has 3 rings (SSSR count). The van der Waals surface area contributed by atoms with Crippen molar-refractivity contribution in [2.75, 3.05) is 0 Å². The molecule has 0 amide bonds. The fourth-order valence-corrected chi connectivity index (χ4v) is 2.46. The summed E-state index contributed by atoms with van der Waals surface area (Å²) in [4.78, 5) is 0. The summed E-state index contributed by atoms with van der Waals surface area (Å²) in [6.07, 6.45) is 5.45. The predicted octanol–water partition coefficient (Wildman–Crippen LogP) is 5.37. The van der Waals surface area contributed by atoms with E-state index in [1.54, 1.807) is 18.3 Å². The van der Waals surface area contributed by atoms with E-state index in [2.05, 4.69) is 10.2 Å². The maximum Gasteiger partial charge on any atom is 0.0886 e. The van der Waals surface area contributed by atoms with E-state index in [4.69, 9.17) is 34.8 Å². The predicted molar refractivity (Wildman–Crippen MR) is 100 cm³/mol. The van der Waals surface area contributed by atoms with Crippen molar-refractivity contribution in [3.63, 3.8) is 0 Å². The van der Waals surface area contributed by atoms with Crippen molar-refractivity contribution in [2.45, 2.75) is 0 Å². The summed E-state index contributed by atoms with van der Waals surface area (Å²) in [6.45, 7) is 0. The molecule has 6 heteroatoms. The Bertz CT molecular complexity index is 924. The maximum absolute atomic E-state index is 5.96. The van der Waals surface area contributed by atoms with Crippen LogP contribution in [0.15, 0.2) is 77.2 Å². The second-order valence-corrected chi connectivity index (χ2v) is 6.21. The third kappa shape index (κ3) is 4.26. The van der Waals surface area contributed by atoms with Gasteiger partial charge in [-0.15, -0.1) is 0 Å². The number of benzene rings is 2. The fraction of sp³-hybridized carbons (Fsp3) is 0. The molecule has 0 fully saturated rings. The molecule has 120 valence electrons. The minimum Gasteiger partial charge on any atom is -0.324 e. The highest BCUT2D eigenvalue weighted by Crippen LogP contribution is 2.21. The molecular weight excluding hydrogens is 365 g/mol. The molecule has 0 atom stereocenters. The first kappa shape index (κ1) is 16.8. The van der Waals surface area contributed by atoms with Gasteiger partial charge in [-0.25, -0.2) is 0 Å². The molecule has 3 aromatic rings. The van der Waals surface area contributed by atoms with Crippen LogP contribution in [-0.2, 0) is 0 Å². The molecule has 0 spiro atoms. The van der Waals surface area contributed by atoms with E-state index in [9.17, 15) is 0 Å². The SMILES string of the molecule is Clc1ccc(-n2ccc(=N/N=C/c3ccc(Cl)c(Cl)c3)cc2)cc1. The van der Waals surface area contributed by atoms with E-state index in [1.807, 2.05) is 59.4 Å². The second kappa shape index (κ2) is 7.67. The largest absolute Gasteiger partial charge is 0.324 e.